The van der Waals surface area contributed by atoms with E-state index in [-0.39, 0.29) is 17.8 Å². The fourth-order valence-electron chi connectivity index (χ4n) is 3.84. The van der Waals surface area contributed by atoms with Crippen molar-refractivity contribution in [2.24, 2.45) is 16.8 Å². The maximum absolute atomic E-state index is 12.9. The number of hydrogen-bond donors (Lipinski definition) is 0. The summed E-state index contributed by atoms with van der Waals surface area (Å²) in [4.78, 5) is 46.3. The molecular weight excluding hydrogens is 376 g/mol. The Bertz CT molecular complexity index is 778. The van der Waals surface area contributed by atoms with Gasteiger partial charge in [-0.3, -0.25) is 9.59 Å². The molecule has 28 heavy (non-hydrogen) atoms. The number of likely N-dealkylation sites (tertiary alicyclic amines) is 1. The zero-order chi connectivity index (χ0) is 20.4. The Labute approximate surface area is 170 Å². The standard InChI is InChI=1S/C20H29N4O3S/c1-13(2)10-14-11-21-18-16(19(26)23(4)20(27)22(18)3)17(14)28-12-15(25)24-8-6-5-7-9-24/h11,13,16H,5-10,12H2,1-4H3/q+1. The Morgan fingerprint density at radius 2 is 1.96 bits per heavy atom. The monoisotopic (exact) mass is 405 g/mol. The first-order chi connectivity index (χ1) is 13.3. The lowest BCUT2D eigenvalue weighted by Crippen LogP contribution is -2.52. The molecule has 0 spiro atoms. The molecule has 1 atom stereocenters. The zero-order valence-corrected chi connectivity index (χ0v) is 17.9. The van der Waals surface area contributed by atoms with Crippen LogP contribution in [0.1, 0.15) is 39.5 Å². The van der Waals surface area contributed by atoms with Gasteiger partial charge in [-0.2, -0.15) is 9.48 Å². The molecule has 0 aromatic carbocycles. The number of aliphatic imine (C=N–C) groups is 1. The lowest BCUT2D eigenvalue weighted by atomic mass is 9.94. The van der Waals surface area contributed by atoms with Gasteiger partial charge in [-0.1, -0.05) is 13.8 Å². The lowest BCUT2D eigenvalue weighted by molar-refractivity contribution is -0.407. The highest BCUT2D eigenvalue weighted by atomic mass is 32.2. The first-order valence-electron chi connectivity index (χ1n) is 9.91. The van der Waals surface area contributed by atoms with Crippen molar-refractivity contribution in [2.45, 2.75) is 39.5 Å². The highest BCUT2D eigenvalue weighted by Crippen LogP contribution is 2.36. The Hall–Kier alpha value is -1.96. The van der Waals surface area contributed by atoms with Gasteiger partial charge >= 0.3 is 11.9 Å². The van der Waals surface area contributed by atoms with Crippen LogP contribution in [0.15, 0.2) is 15.5 Å². The average Bonchev–Trinajstić information content (AvgIpc) is 2.69. The molecule has 8 heteroatoms. The highest BCUT2D eigenvalue weighted by molar-refractivity contribution is 8.03. The van der Waals surface area contributed by atoms with Gasteiger partial charge in [0.1, 0.15) is 6.21 Å². The second kappa shape index (κ2) is 8.59. The van der Waals surface area contributed by atoms with Crippen molar-refractivity contribution >= 4 is 41.7 Å². The van der Waals surface area contributed by atoms with Gasteiger partial charge < -0.3 is 4.90 Å². The number of dihydropyridines is 1. The van der Waals surface area contributed by atoms with Crippen molar-refractivity contribution in [1.29, 1.82) is 0 Å². The predicted molar refractivity (Wildman–Crippen MR) is 111 cm³/mol. The van der Waals surface area contributed by atoms with Gasteiger partial charge in [-0.05, 0) is 37.2 Å². The number of amides is 4. The smallest absolute Gasteiger partial charge is 0.342 e. The molecule has 0 radical (unpaired) electrons. The second-order valence-corrected chi connectivity index (χ2v) is 9.02. The van der Waals surface area contributed by atoms with Crippen LogP contribution >= 0.6 is 11.8 Å². The van der Waals surface area contributed by atoms with Crippen molar-refractivity contribution < 1.29 is 19.0 Å². The molecule has 4 amide bonds. The van der Waals surface area contributed by atoms with Gasteiger partial charge in [0.25, 0.3) is 5.84 Å². The summed E-state index contributed by atoms with van der Waals surface area (Å²) in [6.45, 7) is 5.87. The third-order valence-electron chi connectivity index (χ3n) is 5.37. The molecule has 1 saturated heterocycles. The molecule has 152 valence electrons. The van der Waals surface area contributed by atoms with Crippen LogP contribution in [0, 0.1) is 11.8 Å². The minimum Gasteiger partial charge on any atom is -0.342 e. The Balaban J connectivity index is 1.89. The van der Waals surface area contributed by atoms with Gasteiger partial charge in [0.15, 0.2) is 5.92 Å². The first kappa shape index (κ1) is 20.8. The number of amidine groups is 1. The third-order valence-corrected chi connectivity index (χ3v) is 6.57. The minimum atomic E-state index is -0.606. The quantitative estimate of drug-likeness (QED) is 0.658. The molecule has 3 aliphatic heterocycles. The van der Waals surface area contributed by atoms with E-state index in [1.165, 1.54) is 29.8 Å². The van der Waals surface area contributed by atoms with E-state index >= 15 is 0 Å². The number of rotatable bonds is 5. The number of urea groups is 1. The van der Waals surface area contributed by atoms with Crippen LogP contribution in [-0.4, -0.2) is 77.2 Å². The summed E-state index contributed by atoms with van der Waals surface area (Å²) in [6.07, 6.45) is 5.84. The second-order valence-electron chi connectivity index (χ2n) is 8.01. The van der Waals surface area contributed by atoms with Crippen molar-refractivity contribution in [3.8, 4) is 0 Å². The molecule has 3 aliphatic rings. The van der Waals surface area contributed by atoms with Crippen LogP contribution in [0.25, 0.3) is 0 Å². The fourth-order valence-corrected chi connectivity index (χ4v) is 5.00. The van der Waals surface area contributed by atoms with Gasteiger partial charge in [-0.15, -0.1) is 16.8 Å². The molecule has 1 fully saturated rings. The van der Waals surface area contributed by atoms with Crippen LogP contribution in [-0.2, 0) is 9.59 Å². The largest absolute Gasteiger partial charge is 0.445 e. The third kappa shape index (κ3) is 4.06. The fraction of sp³-hybridized carbons (Fsp3) is 0.650. The molecular formula is C20H29N4O3S+. The molecule has 0 bridgehead atoms. The van der Waals surface area contributed by atoms with Gasteiger partial charge in [-0.25, -0.2) is 4.79 Å². The van der Waals surface area contributed by atoms with Crippen molar-refractivity contribution in [3.05, 3.63) is 10.5 Å². The van der Waals surface area contributed by atoms with E-state index in [9.17, 15) is 14.4 Å². The van der Waals surface area contributed by atoms with Gasteiger partial charge in [0.05, 0.1) is 19.8 Å². The molecule has 0 aliphatic carbocycles. The first-order valence-corrected chi connectivity index (χ1v) is 10.9. The summed E-state index contributed by atoms with van der Waals surface area (Å²) in [5.74, 6) is 0.394. The van der Waals surface area contributed by atoms with Crippen molar-refractivity contribution in [3.63, 3.8) is 0 Å². The maximum Gasteiger partial charge on any atom is 0.445 e. The Morgan fingerprint density at radius 1 is 1.29 bits per heavy atom. The number of carbonyl (C=O) groups is 3. The number of hydrogen-bond acceptors (Lipinski definition) is 5. The molecule has 0 aromatic heterocycles. The van der Waals surface area contributed by atoms with E-state index in [2.05, 4.69) is 18.8 Å². The average molecular weight is 406 g/mol. The van der Waals surface area contributed by atoms with Crippen LogP contribution in [0.4, 0.5) is 4.79 Å². The molecule has 0 saturated carbocycles. The highest BCUT2D eigenvalue weighted by Gasteiger charge is 2.48. The Morgan fingerprint density at radius 3 is 2.61 bits per heavy atom. The summed E-state index contributed by atoms with van der Waals surface area (Å²) >= 11 is 1.43. The molecule has 7 nitrogen and oxygen atoms in total. The van der Waals surface area contributed by atoms with E-state index < -0.39 is 5.92 Å². The van der Waals surface area contributed by atoms with Gasteiger partial charge in [0.2, 0.25) is 5.91 Å². The summed E-state index contributed by atoms with van der Waals surface area (Å²) in [5.41, 5.74) is 0.990. The predicted octanol–water partition coefficient (Wildman–Crippen LogP) is 2.37. The maximum atomic E-state index is 12.9. The lowest BCUT2D eigenvalue weighted by Gasteiger charge is -2.30. The molecule has 3 heterocycles. The summed E-state index contributed by atoms with van der Waals surface area (Å²) in [7, 11) is 3.14. The number of piperidine rings is 1. The SMILES string of the molecule is CC(C)CC1=C(SCC(=O)N2CCCCC2)C2C(=O)N(C)C(=O)[N+](C)=C2N=C1. The van der Waals surface area contributed by atoms with Crippen LogP contribution in [0.5, 0.6) is 0 Å². The molecule has 1 unspecified atom stereocenters. The van der Waals surface area contributed by atoms with E-state index in [1.807, 2.05) is 4.90 Å². The normalized spacial score (nSPS) is 23.1. The zero-order valence-electron chi connectivity index (χ0n) is 17.1. The number of allylic oxidation sites excluding steroid dienone is 1. The summed E-state index contributed by atoms with van der Waals surface area (Å²) < 4.78 is 1.43. The molecule has 0 N–H and O–H groups in total. The number of thioether (sulfide) groups is 1. The number of fused-ring (bicyclic) bond motifs is 1. The number of nitrogens with zero attached hydrogens (tertiary/aromatic N) is 4. The van der Waals surface area contributed by atoms with E-state index in [0.717, 1.165) is 47.7 Å². The van der Waals surface area contributed by atoms with Crippen LogP contribution in [0.3, 0.4) is 0 Å². The molecule has 0 aromatic rings. The van der Waals surface area contributed by atoms with E-state index in [1.54, 1.807) is 13.3 Å². The van der Waals surface area contributed by atoms with Crippen LogP contribution < -0.4 is 0 Å². The summed E-state index contributed by atoms with van der Waals surface area (Å²) in [5, 5.41) is 0. The number of imide groups is 1. The molecule has 3 rings (SSSR count). The number of carbonyl (C=O) groups excluding carboxylic acids is 3. The van der Waals surface area contributed by atoms with E-state index in [4.69, 9.17) is 0 Å². The Kier molecular flexibility index (Phi) is 6.37. The minimum absolute atomic E-state index is 0.117. The van der Waals surface area contributed by atoms with Gasteiger partial charge in [0, 0.05) is 18.0 Å². The van der Waals surface area contributed by atoms with Crippen molar-refractivity contribution in [2.75, 3.05) is 32.9 Å². The van der Waals surface area contributed by atoms with Crippen LogP contribution in [0.2, 0.25) is 0 Å². The topological polar surface area (TPSA) is 73.1 Å². The summed E-state index contributed by atoms with van der Waals surface area (Å²) in [6, 6.07) is -0.380. The van der Waals surface area contributed by atoms with Crippen molar-refractivity contribution in [1.82, 2.24) is 9.80 Å². The van der Waals surface area contributed by atoms with E-state index in [0.29, 0.717) is 17.5 Å².